The highest BCUT2D eigenvalue weighted by Gasteiger charge is 2.20. The van der Waals surface area contributed by atoms with Crippen molar-refractivity contribution in [2.24, 2.45) is 0 Å². The van der Waals surface area contributed by atoms with Gasteiger partial charge in [0.25, 0.3) is 0 Å². The molecule has 0 aliphatic carbocycles. The molecule has 5 N–H and O–H groups in total. The van der Waals surface area contributed by atoms with Gasteiger partial charge in [0.2, 0.25) is 11.2 Å². The van der Waals surface area contributed by atoms with E-state index in [1.165, 1.54) is 19.1 Å². The van der Waals surface area contributed by atoms with Crippen molar-refractivity contribution in [1.82, 2.24) is 0 Å². The second-order valence-electron chi connectivity index (χ2n) is 5.05. The van der Waals surface area contributed by atoms with Crippen molar-refractivity contribution in [1.29, 1.82) is 0 Å². The maximum absolute atomic E-state index is 12.3. The second kappa shape index (κ2) is 4.84. The predicted octanol–water partition coefficient (Wildman–Crippen LogP) is 2.30. The summed E-state index contributed by atoms with van der Waals surface area (Å²) in [7, 11) is 0. The molecule has 0 fully saturated rings. The van der Waals surface area contributed by atoms with Crippen LogP contribution in [0.15, 0.2) is 33.5 Å². The van der Waals surface area contributed by atoms with E-state index in [9.17, 15) is 30.3 Å². The summed E-state index contributed by atoms with van der Waals surface area (Å²) >= 11 is 0. The van der Waals surface area contributed by atoms with Gasteiger partial charge < -0.3 is 29.9 Å². The minimum atomic E-state index is -0.790. The molecule has 2 aromatic carbocycles. The highest BCUT2D eigenvalue weighted by Crippen LogP contribution is 2.39. The maximum Gasteiger partial charge on any atom is 0.235 e. The van der Waals surface area contributed by atoms with Crippen LogP contribution >= 0.6 is 0 Å². The van der Waals surface area contributed by atoms with E-state index in [2.05, 4.69) is 0 Å². The molecule has 0 unspecified atom stereocenters. The summed E-state index contributed by atoms with van der Waals surface area (Å²) in [6, 6.07) is 4.69. The number of aryl methyl sites for hydroxylation is 1. The summed E-state index contributed by atoms with van der Waals surface area (Å²) in [6.07, 6.45) is 0. The maximum atomic E-state index is 12.3. The summed E-state index contributed by atoms with van der Waals surface area (Å²) in [5.74, 6) is -2.70. The molecule has 0 radical (unpaired) electrons. The number of phenols is 4. The van der Waals surface area contributed by atoms with Gasteiger partial charge in [0.05, 0.1) is 5.39 Å². The average molecular weight is 316 g/mol. The molecule has 0 saturated carbocycles. The summed E-state index contributed by atoms with van der Waals surface area (Å²) in [5.41, 5.74) is -0.601. The zero-order valence-electron chi connectivity index (χ0n) is 11.9. The van der Waals surface area contributed by atoms with Gasteiger partial charge in [-0.05, 0) is 25.1 Å². The number of rotatable bonds is 1. The number of benzene rings is 2. The molecule has 1 aromatic heterocycles. The first-order chi connectivity index (χ1) is 10.8. The van der Waals surface area contributed by atoms with Crippen molar-refractivity contribution in [3.8, 4) is 40.1 Å². The average Bonchev–Trinajstić information content (AvgIpc) is 2.51. The minimum Gasteiger partial charge on any atom is -0.504 e. The van der Waals surface area contributed by atoms with E-state index in [0.717, 1.165) is 12.1 Å². The standard InChI is InChI=1S/C16H12O7/c1-6-12-11(5-10(19)13(6)20)23-16(15(22)14(12)21)7-2-3-8(17)9(18)4-7/h2-5,17-20,22H,1H3. The Bertz CT molecular complexity index is 1000. The fraction of sp³-hybridized carbons (Fsp3) is 0.0625. The number of fused-ring (bicyclic) bond motifs is 1. The number of aromatic hydroxyl groups is 5. The van der Waals surface area contributed by atoms with Crippen LogP contribution in [0.5, 0.6) is 28.7 Å². The smallest absolute Gasteiger partial charge is 0.235 e. The van der Waals surface area contributed by atoms with E-state index < -0.39 is 28.4 Å². The molecule has 118 valence electrons. The van der Waals surface area contributed by atoms with Crippen LogP contribution in [0.1, 0.15) is 5.56 Å². The van der Waals surface area contributed by atoms with Crippen molar-refractivity contribution in [3.05, 3.63) is 40.1 Å². The molecule has 3 aromatic rings. The molecule has 3 rings (SSSR count). The lowest BCUT2D eigenvalue weighted by molar-refractivity contribution is 0.400. The van der Waals surface area contributed by atoms with E-state index in [-0.39, 0.29) is 33.6 Å². The van der Waals surface area contributed by atoms with E-state index in [1.54, 1.807) is 0 Å². The van der Waals surface area contributed by atoms with Crippen LogP contribution in [0.2, 0.25) is 0 Å². The molecule has 7 nitrogen and oxygen atoms in total. The van der Waals surface area contributed by atoms with Crippen molar-refractivity contribution in [2.45, 2.75) is 6.92 Å². The molecule has 23 heavy (non-hydrogen) atoms. The molecule has 0 atom stereocenters. The molecular formula is C16H12O7. The molecular weight excluding hydrogens is 304 g/mol. The summed E-state index contributed by atoms with van der Waals surface area (Å²) in [4.78, 5) is 12.3. The third kappa shape index (κ3) is 2.10. The van der Waals surface area contributed by atoms with E-state index in [1.807, 2.05) is 0 Å². The largest absolute Gasteiger partial charge is 0.504 e. The van der Waals surface area contributed by atoms with E-state index in [4.69, 9.17) is 4.42 Å². The van der Waals surface area contributed by atoms with Crippen molar-refractivity contribution in [3.63, 3.8) is 0 Å². The lowest BCUT2D eigenvalue weighted by atomic mass is 10.1. The number of hydrogen-bond acceptors (Lipinski definition) is 7. The van der Waals surface area contributed by atoms with Gasteiger partial charge in [-0.15, -0.1) is 0 Å². The Morgan fingerprint density at radius 1 is 0.870 bits per heavy atom. The van der Waals surface area contributed by atoms with Gasteiger partial charge in [0, 0.05) is 17.2 Å². The van der Waals surface area contributed by atoms with Crippen LogP contribution in [0.3, 0.4) is 0 Å². The van der Waals surface area contributed by atoms with Gasteiger partial charge in [-0.2, -0.15) is 0 Å². The minimum absolute atomic E-state index is 0.0387. The van der Waals surface area contributed by atoms with Crippen molar-refractivity contribution < 1.29 is 29.9 Å². The molecule has 0 saturated heterocycles. The quantitative estimate of drug-likeness (QED) is 0.435. The van der Waals surface area contributed by atoms with Crippen LogP contribution in [-0.2, 0) is 0 Å². The Morgan fingerprint density at radius 3 is 2.22 bits per heavy atom. The Balaban J connectivity index is 2.40. The molecule has 0 bridgehead atoms. The molecule has 0 spiro atoms. The van der Waals surface area contributed by atoms with Gasteiger partial charge in [-0.3, -0.25) is 4.79 Å². The van der Waals surface area contributed by atoms with Gasteiger partial charge >= 0.3 is 0 Å². The first-order valence-corrected chi connectivity index (χ1v) is 6.55. The summed E-state index contributed by atoms with van der Waals surface area (Å²) < 4.78 is 5.46. The topological polar surface area (TPSA) is 131 Å². The lowest BCUT2D eigenvalue weighted by Crippen LogP contribution is -2.04. The number of hydrogen-bond donors (Lipinski definition) is 5. The normalized spacial score (nSPS) is 11.0. The van der Waals surface area contributed by atoms with Crippen LogP contribution in [0, 0.1) is 6.92 Å². The lowest BCUT2D eigenvalue weighted by Gasteiger charge is -2.10. The Kier molecular flexibility index (Phi) is 3.07. The van der Waals surface area contributed by atoms with E-state index in [0.29, 0.717) is 0 Å². The van der Waals surface area contributed by atoms with Crippen LogP contribution in [-0.4, -0.2) is 25.5 Å². The van der Waals surface area contributed by atoms with Crippen molar-refractivity contribution in [2.75, 3.05) is 0 Å². The fourth-order valence-electron chi connectivity index (χ4n) is 2.36. The summed E-state index contributed by atoms with van der Waals surface area (Å²) in [6.45, 7) is 1.40. The van der Waals surface area contributed by atoms with Crippen LogP contribution < -0.4 is 5.43 Å². The Labute approximate surface area is 128 Å². The highest BCUT2D eigenvalue weighted by atomic mass is 16.4. The van der Waals surface area contributed by atoms with E-state index >= 15 is 0 Å². The number of phenolic OH excluding ortho intramolecular Hbond substituents is 4. The second-order valence-corrected chi connectivity index (χ2v) is 5.05. The third-order valence-electron chi connectivity index (χ3n) is 3.59. The zero-order chi connectivity index (χ0) is 16.9. The van der Waals surface area contributed by atoms with Crippen molar-refractivity contribution >= 4 is 11.0 Å². The van der Waals surface area contributed by atoms with Crippen LogP contribution in [0.4, 0.5) is 0 Å². The SMILES string of the molecule is Cc1c(O)c(O)cc2oc(-c3ccc(O)c(O)c3)c(O)c(=O)c12. The fourth-order valence-corrected chi connectivity index (χ4v) is 2.36. The molecule has 0 aliphatic rings. The van der Waals surface area contributed by atoms with Gasteiger partial charge in [0.15, 0.2) is 28.8 Å². The molecule has 1 heterocycles. The Hall–Kier alpha value is -3.35. The van der Waals surface area contributed by atoms with Gasteiger partial charge in [-0.1, -0.05) is 0 Å². The highest BCUT2D eigenvalue weighted by molar-refractivity contribution is 5.88. The molecule has 0 amide bonds. The zero-order valence-corrected chi connectivity index (χ0v) is 11.9. The Morgan fingerprint density at radius 2 is 1.57 bits per heavy atom. The van der Waals surface area contributed by atoms with Crippen LogP contribution in [0.25, 0.3) is 22.3 Å². The van der Waals surface area contributed by atoms with Gasteiger partial charge in [0.1, 0.15) is 5.58 Å². The molecule has 7 heteroatoms. The molecule has 0 aliphatic heterocycles. The predicted molar refractivity (Wildman–Crippen MR) is 81.0 cm³/mol. The monoisotopic (exact) mass is 316 g/mol. The third-order valence-corrected chi connectivity index (χ3v) is 3.59. The summed E-state index contributed by atoms with van der Waals surface area (Å²) in [5, 5.41) is 48.2. The first kappa shape index (κ1) is 14.6. The van der Waals surface area contributed by atoms with Gasteiger partial charge in [-0.25, -0.2) is 0 Å². The first-order valence-electron chi connectivity index (χ1n) is 6.55.